The predicted octanol–water partition coefficient (Wildman–Crippen LogP) is 3.88. The van der Waals surface area contributed by atoms with Crippen LogP contribution in [-0.2, 0) is 0 Å². The molecular formula is C16H14BrN3O4S. The minimum Gasteiger partial charge on any atom is -0.494 e. The highest BCUT2D eigenvalue weighted by molar-refractivity contribution is 9.10. The first-order valence-corrected chi connectivity index (χ1v) is 8.40. The van der Waals surface area contributed by atoms with Crippen LogP contribution in [0.4, 0.5) is 11.4 Å². The molecule has 1 amide bonds. The third-order valence-electron chi connectivity index (χ3n) is 3.05. The van der Waals surface area contributed by atoms with Crippen molar-refractivity contribution in [2.45, 2.75) is 6.92 Å². The van der Waals surface area contributed by atoms with Crippen molar-refractivity contribution in [3.8, 4) is 5.75 Å². The second kappa shape index (κ2) is 8.54. The number of carbonyl (C=O) groups is 1. The summed E-state index contributed by atoms with van der Waals surface area (Å²) in [5.41, 5.74) is 0.844. The fraction of sp³-hybridized carbons (Fsp3) is 0.125. The van der Waals surface area contributed by atoms with E-state index in [0.29, 0.717) is 28.1 Å². The van der Waals surface area contributed by atoms with Crippen LogP contribution in [-0.4, -0.2) is 22.5 Å². The number of hydrogen-bond donors (Lipinski definition) is 2. The number of nitrogens with one attached hydrogen (secondary N) is 2. The summed E-state index contributed by atoms with van der Waals surface area (Å²) in [6.07, 6.45) is 0. The third kappa shape index (κ3) is 5.23. The van der Waals surface area contributed by atoms with E-state index in [1.165, 1.54) is 18.2 Å². The van der Waals surface area contributed by atoms with Gasteiger partial charge in [-0.25, -0.2) is 0 Å². The van der Waals surface area contributed by atoms with Crippen molar-refractivity contribution in [1.82, 2.24) is 5.32 Å². The van der Waals surface area contributed by atoms with Crippen LogP contribution in [0.15, 0.2) is 46.9 Å². The Hall–Kier alpha value is -2.52. The molecule has 0 bridgehead atoms. The molecule has 0 aliphatic rings. The molecule has 2 aromatic carbocycles. The van der Waals surface area contributed by atoms with Gasteiger partial charge in [-0.15, -0.1) is 0 Å². The van der Waals surface area contributed by atoms with Crippen LogP contribution in [0.2, 0.25) is 0 Å². The molecule has 0 saturated heterocycles. The second-order valence-electron chi connectivity index (χ2n) is 4.79. The number of benzene rings is 2. The molecule has 2 rings (SSSR count). The average Bonchev–Trinajstić information content (AvgIpc) is 2.57. The molecule has 2 aromatic rings. The maximum Gasteiger partial charge on any atom is 0.270 e. The highest BCUT2D eigenvalue weighted by atomic mass is 79.9. The normalized spacial score (nSPS) is 10.0. The first-order valence-electron chi connectivity index (χ1n) is 7.20. The highest BCUT2D eigenvalue weighted by Crippen LogP contribution is 2.27. The zero-order chi connectivity index (χ0) is 18.4. The van der Waals surface area contributed by atoms with Crippen LogP contribution in [0.3, 0.4) is 0 Å². The van der Waals surface area contributed by atoms with E-state index in [0.717, 1.165) is 0 Å². The maximum atomic E-state index is 12.2. The summed E-state index contributed by atoms with van der Waals surface area (Å²) in [6, 6.07) is 10.9. The Balaban J connectivity index is 2.03. The van der Waals surface area contributed by atoms with Crippen LogP contribution in [0, 0.1) is 10.1 Å². The molecule has 9 heteroatoms. The summed E-state index contributed by atoms with van der Waals surface area (Å²) >= 11 is 8.34. The number of carbonyl (C=O) groups excluding carboxylic acids is 1. The van der Waals surface area contributed by atoms with Gasteiger partial charge < -0.3 is 10.1 Å². The van der Waals surface area contributed by atoms with E-state index in [4.69, 9.17) is 17.0 Å². The van der Waals surface area contributed by atoms with E-state index in [2.05, 4.69) is 26.6 Å². The minimum absolute atomic E-state index is 0.0554. The summed E-state index contributed by atoms with van der Waals surface area (Å²) < 4.78 is 5.81. The van der Waals surface area contributed by atoms with Gasteiger partial charge in [0, 0.05) is 22.2 Å². The van der Waals surface area contributed by atoms with Crippen LogP contribution in [0.5, 0.6) is 5.75 Å². The first-order chi connectivity index (χ1) is 11.9. The van der Waals surface area contributed by atoms with E-state index < -0.39 is 10.8 Å². The minimum atomic E-state index is -0.500. The Labute approximate surface area is 157 Å². The fourth-order valence-electron chi connectivity index (χ4n) is 1.94. The summed E-state index contributed by atoms with van der Waals surface area (Å²) in [6.45, 7) is 2.35. The maximum absolute atomic E-state index is 12.2. The standard InChI is InChI=1S/C16H14BrN3O4S/c1-2-24-12-5-3-4-10(8-12)15(21)19-16(25)18-14-7-6-11(20(22)23)9-13(14)17/h3-9H,2H2,1H3,(H2,18,19,21,25). The van der Waals surface area contributed by atoms with E-state index in [1.54, 1.807) is 24.3 Å². The monoisotopic (exact) mass is 423 g/mol. The number of thiocarbonyl (C=S) groups is 1. The van der Waals surface area contributed by atoms with Gasteiger partial charge in [0.15, 0.2) is 5.11 Å². The van der Waals surface area contributed by atoms with Crippen LogP contribution >= 0.6 is 28.1 Å². The number of nitrogens with zero attached hydrogens (tertiary/aromatic N) is 1. The van der Waals surface area contributed by atoms with Crippen molar-refractivity contribution >= 4 is 50.5 Å². The molecule has 0 aliphatic heterocycles. The Morgan fingerprint density at radius 1 is 1.32 bits per heavy atom. The molecule has 0 saturated carbocycles. The number of non-ortho nitro benzene ring substituents is 1. The lowest BCUT2D eigenvalue weighted by atomic mass is 10.2. The molecule has 0 aliphatic carbocycles. The third-order valence-corrected chi connectivity index (χ3v) is 3.91. The van der Waals surface area contributed by atoms with Crippen molar-refractivity contribution < 1.29 is 14.5 Å². The lowest BCUT2D eigenvalue weighted by Crippen LogP contribution is -2.34. The molecular weight excluding hydrogens is 410 g/mol. The van der Waals surface area contributed by atoms with Crippen molar-refractivity contribution in [2.75, 3.05) is 11.9 Å². The number of ether oxygens (including phenoxy) is 1. The zero-order valence-electron chi connectivity index (χ0n) is 13.1. The van der Waals surface area contributed by atoms with Crippen LogP contribution in [0.25, 0.3) is 0 Å². The number of nitro groups is 1. The first kappa shape index (κ1) is 18.8. The molecule has 0 fully saturated rings. The van der Waals surface area contributed by atoms with Gasteiger partial charge in [0.1, 0.15) is 5.75 Å². The van der Waals surface area contributed by atoms with Gasteiger partial charge in [0.25, 0.3) is 11.6 Å². The topological polar surface area (TPSA) is 93.5 Å². The fourth-order valence-corrected chi connectivity index (χ4v) is 2.61. The zero-order valence-corrected chi connectivity index (χ0v) is 15.5. The number of nitro benzene ring substituents is 1. The molecule has 2 N–H and O–H groups in total. The van der Waals surface area contributed by atoms with Crippen molar-refractivity contribution in [3.05, 3.63) is 62.6 Å². The molecule has 0 atom stereocenters. The van der Waals surface area contributed by atoms with Gasteiger partial charge in [-0.3, -0.25) is 20.2 Å². The van der Waals surface area contributed by atoms with Crippen molar-refractivity contribution in [3.63, 3.8) is 0 Å². The van der Waals surface area contributed by atoms with Gasteiger partial charge >= 0.3 is 0 Å². The highest BCUT2D eigenvalue weighted by Gasteiger charge is 2.12. The Morgan fingerprint density at radius 3 is 2.72 bits per heavy atom. The number of hydrogen-bond acceptors (Lipinski definition) is 5. The predicted molar refractivity (Wildman–Crippen MR) is 102 cm³/mol. The van der Waals surface area contributed by atoms with Gasteiger partial charge in [-0.1, -0.05) is 6.07 Å². The smallest absolute Gasteiger partial charge is 0.270 e. The van der Waals surface area contributed by atoms with Crippen molar-refractivity contribution in [1.29, 1.82) is 0 Å². The largest absolute Gasteiger partial charge is 0.494 e. The van der Waals surface area contributed by atoms with E-state index >= 15 is 0 Å². The van der Waals surface area contributed by atoms with Gasteiger partial charge in [-0.2, -0.15) is 0 Å². The van der Waals surface area contributed by atoms with Crippen molar-refractivity contribution in [2.24, 2.45) is 0 Å². The number of amides is 1. The van der Waals surface area contributed by atoms with Gasteiger partial charge in [0.2, 0.25) is 0 Å². The van der Waals surface area contributed by atoms with Crippen LogP contribution < -0.4 is 15.4 Å². The summed E-state index contributed by atoms with van der Waals surface area (Å²) in [5.74, 6) is 0.198. The number of halogens is 1. The van der Waals surface area contributed by atoms with E-state index in [9.17, 15) is 14.9 Å². The Kier molecular flexibility index (Phi) is 6.43. The van der Waals surface area contributed by atoms with E-state index in [-0.39, 0.29) is 10.8 Å². The molecule has 0 heterocycles. The molecule has 25 heavy (non-hydrogen) atoms. The second-order valence-corrected chi connectivity index (χ2v) is 6.05. The lowest BCUT2D eigenvalue weighted by Gasteiger charge is -2.11. The molecule has 0 unspecified atom stereocenters. The molecule has 0 radical (unpaired) electrons. The Bertz CT molecular complexity index is 829. The summed E-state index contributed by atoms with van der Waals surface area (Å²) in [4.78, 5) is 22.5. The lowest BCUT2D eigenvalue weighted by molar-refractivity contribution is -0.384. The summed E-state index contributed by atoms with van der Waals surface area (Å²) in [7, 11) is 0. The molecule has 130 valence electrons. The van der Waals surface area contributed by atoms with E-state index in [1.807, 2.05) is 6.92 Å². The number of rotatable bonds is 5. The average molecular weight is 424 g/mol. The number of anilines is 1. The SMILES string of the molecule is CCOc1cccc(C(=O)NC(=S)Nc2ccc([N+](=O)[O-])cc2Br)c1. The molecule has 7 nitrogen and oxygen atoms in total. The molecule has 0 spiro atoms. The van der Waals surface area contributed by atoms with Gasteiger partial charge in [-0.05, 0) is 59.3 Å². The van der Waals surface area contributed by atoms with Gasteiger partial charge in [0.05, 0.1) is 17.2 Å². The quantitative estimate of drug-likeness (QED) is 0.430. The Morgan fingerprint density at radius 2 is 2.08 bits per heavy atom. The molecule has 0 aromatic heterocycles. The summed E-state index contributed by atoms with van der Waals surface area (Å²) in [5, 5.41) is 16.2. The van der Waals surface area contributed by atoms with Crippen LogP contribution in [0.1, 0.15) is 17.3 Å².